The van der Waals surface area contributed by atoms with Crippen LogP contribution in [-0.2, 0) is 0 Å². The molecule has 3 heterocycles. The van der Waals surface area contributed by atoms with Crippen LogP contribution in [-0.4, -0.2) is 29.1 Å². The summed E-state index contributed by atoms with van der Waals surface area (Å²) in [4.78, 5) is 13.9. The first-order valence-electron chi connectivity index (χ1n) is 7.36. The number of thiophene rings is 1. The molecule has 0 spiro atoms. The SMILES string of the molecule is Cc1sc2ncnc(N3CC4CCC(N)C4C3)c2c1C. The number of hydrogen-bond acceptors (Lipinski definition) is 5. The van der Waals surface area contributed by atoms with Gasteiger partial charge >= 0.3 is 0 Å². The Balaban J connectivity index is 1.76. The molecule has 0 radical (unpaired) electrons. The van der Waals surface area contributed by atoms with Crippen molar-refractivity contribution in [2.24, 2.45) is 17.6 Å². The molecule has 3 atom stereocenters. The Bertz CT molecular complexity index is 665. The number of aromatic nitrogens is 2. The van der Waals surface area contributed by atoms with Gasteiger partial charge in [0.1, 0.15) is 17.0 Å². The molecule has 0 aromatic carbocycles. The standard InChI is InChI=1S/C15H20N4S/c1-8-9(2)20-15-13(8)14(17-7-18-15)19-5-10-3-4-12(16)11(10)6-19/h7,10-12H,3-6,16H2,1-2H3. The van der Waals surface area contributed by atoms with Crippen molar-refractivity contribution in [2.75, 3.05) is 18.0 Å². The quantitative estimate of drug-likeness (QED) is 0.876. The number of anilines is 1. The number of aryl methyl sites for hydroxylation is 2. The summed E-state index contributed by atoms with van der Waals surface area (Å²) >= 11 is 1.77. The lowest BCUT2D eigenvalue weighted by molar-refractivity contribution is 0.453. The van der Waals surface area contributed by atoms with Crippen LogP contribution in [0.2, 0.25) is 0 Å². The van der Waals surface area contributed by atoms with Crippen LogP contribution < -0.4 is 10.6 Å². The summed E-state index contributed by atoms with van der Waals surface area (Å²) in [6, 6.07) is 0.382. The number of hydrogen-bond donors (Lipinski definition) is 1. The maximum absolute atomic E-state index is 6.25. The van der Waals surface area contributed by atoms with Crippen LogP contribution in [0, 0.1) is 25.7 Å². The molecule has 2 aromatic rings. The van der Waals surface area contributed by atoms with Gasteiger partial charge < -0.3 is 10.6 Å². The summed E-state index contributed by atoms with van der Waals surface area (Å²) in [5.41, 5.74) is 7.58. The van der Waals surface area contributed by atoms with E-state index in [1.807, 2.05) is 0 Å². The van der Waals surface area contributed by atoms with Crippen molar-refractivity contribution in [3.8, 4) is 0 Å². The normalized spacial score (nSPS) is 29.4. The monoisotopic (exact) mass is 288 g/mol. The zero-order chi connectivity index (χ0) is 13.9. The maximum Gasteiger partial charge on any atom is 0.141 e. The highest BCUT2D eigenvalue weighted by Gasteiger charge is 2.41. The molecule has 2 aromatic heterocycles. The second-order valence-corrected chi connectivity index (χ2v) is 7.43. The molecule has 0 amide bonds. The lowest BCUT2D eigenvalue weighted by Crippen LogP contribution is -2.30. The Kier molecular flexibility index (Phi) is 2.76. The predicted octanol–water partition coefficient (Wildman–Crippen LogP) is 2.48. The molecule has 4 nitrogen and oxygen atoms in total. The van der Waals surface area contributed by atoms with Crippen LogP contribution in [0.15, 0.2) is 6.33 Å². The van der Waals surface area contributed by atoms with E-state index in [1.54, 1.807) is 17.7 Å². The largest absolute Gasteiger partial charge is 0.355 e. The van der Waals surface area contributed by atoms with Gasteiger partial charge in [0.05, 0.1) is 5.39 Å². The first kappa shape index (κ1) is 12.5. The Morgan fingerprint density at radius 1 is 1.25 bits per heavy atom. The van der Waals surface area contributed by atoms with Crippen LogP contribution in [0.5, 0.6) is 0 Å². The van der Waals surface area contributed by atoms with E-state index in [9.17, 15) is 0 Å². The molecule has 1 aliphatic carbocycles. The highest BCUT2D eigenvalue weighted by Crippen LogP contribution is 2.41. The van der Waals surface area contributed by atoms with E-state index >= 15 is 0 Å². The molecular formula is C15H20N4S. The second kappa shape index (κ2) is 4.40. The van der Waals surface area contributed by atoms with Gasteiger partial charge in [-0.25, -0.2) is 9.97 Å². The Morgan fingerprint density at radius 2 is 2.10 bits per heavy atom. The molecule has 1 saturated carbocycles. The van der Waals surface area contributed by atoms with Crippen LogP contribution >= 0.6 is 11.3 Å². The van der Waals surface area contributed by atoms with Gasteiger partial charge in [0, 0.05) is 24.0 Å². The lowest BCUT2D eigenvalue weighted by Gasteiger charge is -2.20. The third-order valence-corrected chi connectivity index (χ3v) is 6.27. The molecular weight excluding hydrogens is 268 g/mol. The molecule has 2 N–H and O–H groups in total. The minimum absolute atomic E-state index is 0.382. The summed E-state index contributed by atoms with van der Waals surface area (Å²) in [5.74, 6) is 2.54. The fraction of sp³-hybridized carbons (Fsp3) is 0.600. The third-order valence-electron chi connectivity index (χ3n) is 5.16. The minimum atomic E-state index is 0.382. The van der Waals surface area contributed by atoms with Crippen molar-refractivity contribution in [1.82, 2.24) is 9.97 Å². The molecule has 5 heteroatoms. The van der Waals surface area contributed by atoms with E-state index in [2.05, 4.69) is 28.7 Å². The molecule has 106 valence electrons. The molecule has 4 rings (SSSR count). The highest BCUT2D eigenvalue weighted by atomic mass is 32.1. The summed E-state index contributed by atoms with van der Waals surface area (Å²) in [7, 11) is 0. The fourth-order valence-electron chi connectivity index (χ4n) is 3.88. The van der Waals surface area contributed by atoms with Crippen LogP contribution in [0.1, 0.15) is 23.3 Å². The second-order valence-electron chi connectivity index (χ2n) is 6.23. The van der Waals surface area contributed by atoms with Gasteiger partial charge in [-0.3, -0.25) is 0 Å². The van der Waals surface area contributed by atoms with Gasteiger partial charge in [0.15, 0.2) is 0 Å². The molecule has 2 fully saturated rings. The van der Waals surface area contributed by atoms with E-state index in [1.165, 1.54) is 28.7 Å². The van der Waals surface area contributed by atoms with E-state index in [0.717, 1.165) is 29.7 Å². The van der Waals surface area contributed by atoms with Crippen molar-refractivity contribution < 1.29 is 0 Å². The molecule has 20 heavy (non-hydrogen) atoms. The van der Waals surface area contributed by atoms with Crippen molar-refractivity contribution in [3.63, 3.8) is 0 Å². The first-order valence-corrected chi connectivity index (χ1v) is 8.18. The number of fused-ring (bicyclic) bond motifs is 2. The number of nitrogens with two attached hydrogens (primary N) is 1. The smallest absolute Gasteiger partial charge is 0.141 e. The van der Waals surface area contributed by atoms with Gasteiger partial charge in [-0.2, -0.15) is 0 Å². The number of rotatable bonds is 1. The summed E-state index contributed by atoms with van der Waals surface area (Å²) in [5, 5.41) is 1.25. The molecule has 1 saturated heterocycles. The molecule has 1 aliphatic heterocycles. The lowest BCUT2D eigenvalue weighted by atomic mass is 9.98. The van der Waals surface area contributed by atoms with E-state index < -0.39 is 0 Å². The predicted molar refractivity (Wildman–Crippen MR) is 83.3 cm³/mol. The minimum Gasteiger partial charge on any atom is -0.355 e. The summed E-state index contributed by atoms with van der Waals surface area (Å²) in [6.45, 7) is 6.52. The zero-order valence-electron chi connectivity index (χ0n) is 12.0. The molecule has 3 unspecified atom stereocenters. The fourth-order valence-corrected chi connectivity index (χ4v) is 4.88. The highest BCUT2D eigenvalue weighted by molar-refractivity contribution is 7.18. The average molecular weight is 288 g/mol. The van der Waals surface area contributed by atoms with Crippen LogP contribution in [0.4, 0.5) is 5.82 Å². The maximum atomic E-state index is 6.25. The summed E-state index contributed by atoms with van der Waals surface area (Å²) in [6.07, 6.45) is 4.18. The Hall–Kier alpha value is -1.20. The number of nitrogens with zero attached hydrogens (tertiary/aromatic N) is 3. The van der Waals surface area contributed by atoms with Crippen LogP contribution in [0.3, 0.4) is 0 Å². The van der Waals surface area contributed by atoms with Gasteiger partial charge in [-0.05, 0) is 44.1 Å². The third kappa shape index (κ3) is 1.69. The topological polar surface area (TPSA) is 55.0 Å². The van der Waals surface area contributed by atoms with Gasteiger partial charge in [0.2, 0.25) is 0 Å². The first-order chi connectivity index (χ1) is 9.65. The van der Waals surface area contributed by atoms with Gasteiger partial charge in [-0.15, -0.1) is 11.3 Å². The molecule has 2 aliphatic rings. The Morgan fingerprint density at radius 3 is 2.90 bits per heavy atom. The van der Waals surface area contributed by atoms with Gasteiger partial charge in [-0.1, -0.05) is 0 Å². The van der Waals surface area contributed by atoms with E-state index in [0.29, 0.717) is 12.0 Å². The van der Waals surface area contributed by atoms with E-state index in [4.69, 9.17) is 5.73 Å². The van der Waals surface area contributed by atoms with E-state index in [-0.39, 0.29) is 0 Å². The van der Waals surface area contributed by atoms with Crippen molar-refractivity contribution in [1.29, 1.82) is 0 Å². The molecule has 0 bridgehead atoms. The Labute approximate surface area is 123 Å². The van der Waals surface area contributed by atoms with Crippen LogP contribution in [0.25, 0.3) is 10.2 Å². The van der Waals surface area contributed by atoms with Crippen molar-refractivity contribution >= 4 is 27.4 Å². The van der Waals surface area contributed by atoms with Crippen molar-refractivity contribution in [2.45, 2.75) is 32.7 Å². The van der Waals surface area contributed by atoms with Crippen molar-refractivity contribution in [3.05, 3.63) is 16.8 Å². The average Bonchev–Trinajstić information content (AvgIpc) is 3.07. The van der Waals surface area contributed by atoms with Gasteiger partial charge in [0.25, 0.3) is 0 Å². The zero-order valence-corrected chi connectivity index (χ0v) is 12.8. The summed E-state index contributed by atoms with van der Waals surface area (Å²) < 4.78 is 0.